The normalized spacial score (nSPS) is 24.8. The lowest BCUT2D eigenvalue weighted by molar-refractivity contribution is -0.384. The third-order valence-corrected chi connectivity index (χ3v) is 7.63. The number of non-ortho nitro benzene ring substituents is 1. The number of nitro groups is 1. The second-order valence-electron chi connectivity index (χ2n) is 9.82. The number of hydrogen-bond donors (Lipinski definition) is 1. The highest BCUT2D eigenvalue weighted by molar-refractivity contribution is 5.84. The monoisotopic (exact) mass is 513 g/mol. The van der Waals surface area contributed by atoms with Gasteiger partial charge < -0.3 is 9.64 Å². The van der Waals surface area contributed by atoms with Gasteiger partial charge in [0.2, 0.25) is 5.91 Å². The Morgan fingerprint density at radius 3 is 1.95 bits per heavy atom. The molecule has 2 aliphatic rings. The smallest absolute Gasteiger partial charge is 0.323 e. The van der Waals surface area contributed by atoms with E-state index < -0.39 is 28.9 Å². The number of rotatable bonds is 7. The number of carbonyl (C=O) groups excluding carboxylic acids is 2. The van der Waals surface area contributed by atoms with E-state index in [1.165, 1.54) is 12.1 Å². The number of hydrogen-bond acceptors (Lipinski definition) is 6. The average molecular weight is 514 g/mol. The molecule has 38 heavy (non-hydrogen) atoms. The van der Waals surface area contributed by atoms with Crippen LogP contribution in [0.2, 0.25) is 0 Å². The highest BCUT2D eigenvalue weighted by atomic mass is 16.6. The Morgan fingerprint density at radius 1 is 0.895 bits per heavy atom. The van der Waals surface area contributed by atoms with Crippen LogP contribution in [-0.4, -0.2) is 34.3 Å². The number of carbonyl (C=O) groups is 2. The van der Waals surface area contributed by atoms with E-state index in [9.17, 15) is 19.7 Å². The van der Waals surface area contributed by atoms with Crippen LogP contribution < -0.4 is 5.32 Å². The van der Waals surface area contributed by atoms with E-state index in [0.29, 0.717) is 6.42 Å². The van der Waals surface area contributed by atoms with Gasteiger partial charge in [0.1, 0.15) is 6.04 Å². The van der Waals surface area contributed by atoms with Crippen LogP contribution in [0.5, 0.6) is 0 Å². The second kappa shape index (κ2) is 11.1. The zero-order valence-electron chi connectivity index (χ0n) is 21.2. The van der Waals surface area contributed by atoms with Gasteiger partial charge >= 0.3 is 5.97 Å². The third-order valence-electron chi connectivity index (χ3n) is 7.63. The fraction of sp³-hybridized carbons (Fsp3) is 0.333. The van der Waals surface area contributed by atoms with Crippen LogP contribution in [-0.2, 0) is 14.3 Å². The Balaban J connectivity index is 1.52. The van der Waals surface area contributed by atoms with Gasteiger partial charge in [-0.05, 0) is 42.9 Å². The Labute approximate surface area is 221 Å². The van der Waals surface area contributed by atoms with Crippen molar-refractivity contribution in [3.8, 4) is 0 Å². The molecule has 0 bridgehead atoms. The molecule has 2 heterocycles. The molecule has 2 fully saturated rings. The molecule has 5 rings (SSSR count). The number of nitrogens with zero attached hydrogens (tertiary/aromatic N) is 2. The van der Waals surface area contributed by atoms with Crippen molar-refractivity contribution in [2.24, 2.45) is 5.92 Å². The highest BCUT2D eigenvalue weighted by Gasteiger charge is 2.48. The largest absolute Gasteiger partial charge is 0.465 e. The molecule has 0 spiro atoms. The van der Waals surface area contributed by atoms with Gasteiger partial charge in [0, 0.05) is 18.2 Å². The van der Waals surface area contributed by atoms with Crippen LogP contribution in [0.25, 0.3) is 0 Å². The SMILES string of the molecule is CCOC(=O)[C@H]1C[C@@H](C(=O)N2[C@@H](c3ccccc3)CC[C@@H]2c2ccccc2)[C@@H](c2ccc([N+](=O)[O-])cc2)N1. The fourth-order valence-corrected chi connectivity index (χ4v) is 5.89. The molecule has 2 saturated heterocycles. The molecule has 1 amide bonds. The minimum atomic E-state index is -0.642. The summed E-state index contributed by atoms with van der Waals surface area (Å²) < 4.78 is 5.28. The molecule has 5 atom stereocenters. The lowest BCUT2D eigenvalue weighted by atomic mass is 9.90. The van der Waals surface area contributed by atoms with Crippen LogP contribution in [0.1, 0.15) is 61.0 Å². The van der Waals surface area contributed by atoms with E-state index >= 15 is 0 Å². The summed E-state index contributed by atoms with van der Waals surface area (Å²) in [5.41, 5.74) is 2.87. The minimum Gasteiger partial charge on any atom is -0.465 e. The summed E-state index contributed by atoms with van der Waals surface area (Å²) in [5, 5.41) is 14.5. The van der Waals surface area contributed by atoms with E-state index in [0.717, 1.165) is 29.5 Å². The molecule has 0 aromatic heterocycles. The van der Waals surface area contributed by atoms with Crippen molar-refractivity contribution in [2.75, 3.05) is 6.61 Å². The van der Waals surface area contributed by atoms with Gasteiger partial charge in [-0.15, -0.1) is 0 Å². The first-order chi connectivity index (χ1) is 18.5. The summed E-state index contributed by atoms with van der Waals surface area (Å²) in [6, 6.07) is 25.0. The van der Waals surface area contributed by atoms with Crippen molar-refractivity contribution in [3.05, 3.63) is 112 Å². The van der Waals surface area contributed by atoms with Crippen LogP contribution in [0.4, 0.5) is 5.69 Å². The fourth-order valence-electron chi connectivity index (χ4n) is 5.89. The zero-order valence-corrected chi connectivity index (χ0v) is 21.2. The number of ether oxygens (including phenoxy) is 1. The lowest BCUT2D eigenvalue weighted by Gasteiger charge is -2.34. The maximum absolute atomic E-state index is 14.5. The molecule has 3 aromatic carbocycles. The number of benzene rings is 3. The van der Waals surface area contributed by atoms with Gasteiger partial charge in [-0.2, -0.15) is 0 Å². The van der Waals surface area contributed by atoms with Crippen molar-refractivity contribution < 1.29 is 19.2 Å². The number of esters is 1. The highest BCUT2D eigenvalue weighted by Crippen LogP contribution is 2.47. The molecule has 0 saturated carbocycles. The van der Waals surface area contributed by atoms with E-state index in [2.05, 4.69) is 29.6 Å². The predicted octanol–water partition coefficient (Wildman–Crippen LogP) is 5.28. The number of nitro benzene ring substituents is 1. The van der Waals surface area contributed by atoms with Crippen molar-refractivity contribution in [3.63, 3.8) is 0 Å². The molecule has 196 valence electrons. The van der Waals surface area contributed by atoms with Crippen LogP contribution in [0.3, 0.4) is 0 Å². The van der Waals surface area contributed by atoms with Crippen molar-refractivity contribution in [1.29, 1.82) is 0 Å². The summed E-state index contributed by atoms with van der Waals surface area (Å²) in [6.45, 7) is 2.00. The Bertz CT molecular complexity index is 1230. The molecule has 3 aromatic rings. The molecule has 2 aliphatic heterocycles. The first kappa shape index (κ1) is 25.6. The van der Waals surface area contributed by atoms with Crippen LogP contribution in [0.15, 0.2) is 84.9 Å². The molecule has 0 aliphatic carbocycles. The van der Waals surface area contributed by atoms with Gasteiger partial charge in [0.25, 0.3) is 5.69 Å². The quantitative estimate of drug-likeness (QED) is 0.262. The van der Waals surface area contributed by atoms with Crippen molar-refractivity contribution in [1.82, 2.24) is 10.2 Å². The lowest BCUT2D eigenvalue weighted by Crippen LogP contribution is -2.39. The van der Waals surface area contributed by atoms with E-state index in [1.807, 2.05) is 41.3 Å². The molecular weight excluding hydrogens is 482 g/mol. The standard InChI is InChI=1S/C30H31N3O5/c1-2-38-30(35)25-19-24(28(31-25)22-13-15-23(16-14-22)33(36)37)29(34)32-26(20-9-5-3-6-10-20)17-18-27(32)21-11-7-4-8-12-21/h3-16,24-28,31H,2,17-19H2,1H3/t24-,25-,26-,27-,28-/m1/s1. The first-order valence-electron chi connectivity index (χ1n) is 13.1. The van der Waals surface area contributed by atoms with Gasteiger partial charge in [-0.3, -0.25) is 25.0 Å². The predicted molar refractivity (Wildman–Crippen MR) is 142 cm³/mol. The number of amides is 1. The zero-order chi connectivity index (χ0) is 26.6. The Kier molecular flexibility index (Phi) is 7.51. The number of nitrogens with one attached hydrogen (secondary N) is 1. The molecule has 0 unspecified atom stereocenters. The van der Waals surface area contributed by atoms with E-state index in [4.69, 9.17) is 4.74 Å². The summed E-state index contributed by atoms with van der Waals surface area (Å²) in [5.74, 6) is -0.968. The Morgan fingerprint density at radius 2 is 1.45 bits per heavy atom. The van der Waals surface area contributed by atoms with E-state index in [1.54, 1.807) is 19.1 Å². The summed E-state index contributed by atoms with van der Waals surface area (Å²) >= 11 is 0. The van der Waals surface area contributed by atoms with Crippen LogP contribution in [0, 0.1) is 16.0 Å². The van der Waals surface area contributed by atoms with Gasteiger partial charge in [-0.25, -0.2) is 0 Å². The average Bonchev–Trinajstić information content (AvgIpc) is 3.60. The summed E-state index contributed by atoms with van der Waals surface area (Å²) in [4.78, 5) is 40.0. The van der Waals surface area contributed by atoms with Crippen molar-refractivity contribution in [2.45, 2.75) is 50.4 Å². The first-order valence-corrected chi connectivity index (χ1v) is 13.1. The van der Waals surface area contributed by atoms with Crippen LogP contribution >= 0.6 is 0 Å². The second-order valence-corrected chi connectivity index (χ2v) is 9.82. The molecule has 8 nitrogen and oxygen atoms in total. The molecular formula is C30H31N3O5. The van der Waals surface area contributed by atoms with E-state index in [-0.39, 0.29) is 30.3 Å². The topological polar surface area (TPSA) is 102 Å². The van der Waals surface area contributed by atoms with Crippen molar-refractivity contribution >= 4 is 17.6 Å². The number of likely N-dealkylation sites (tertiary alicyclic amines) is 1. The van der Waals surface area contributed by atoms with Gasteiger partial charge in [0.05, 0.1) is 29.5 Å². The summed E-state index contributed by atoms with van der Waals surface area (Å²) in [6.07, 6.45) is 1.96. The molecule has 0 radical (unpaired) electrons. The Hall–Kier alpha value is -4.04. The maximum Gasteiger partial charge on any atom is 0.323 e. The third kappa shape index (κ3) is 5.04. The maximum atomic E-state index is 14.5. The minimum absolute atomic E-state index is 0.0237. The summed E-state index contributed by atoms with van der Waals surface area (Å²) in [7, 11) is 0. The molecule has 1 N–H and O–H groups in total. The van der Waals surface area contributed by atoms with Gasteiger partial charge in [-0.1, -0.05) is 72.8 Å². The van der Waals surface area contributed by atoms with Gasteiger partial charge in [0.15, 0.2) is 0 Å². The molecule has 8 heteroatoms.